The van der Waals surface area contributed by atoms with E-state index in [-0.39, 0.29) is 5.91 Å². The summed E-state index contributed by atoms with van der Waals surface area (Å²) in [4.78, 5) is 13.3. The summed E-state index contributed by atoms with van der Waals surface area (Å²) in [5, 5.41) is 4.27. The first-order chi connectivity index (χ1) is 9.20. The van der Waals surface area contributed by atoms with Gasteiger partial charge in [-0.25, -0.2) is 4.68 Å². The lowest BCUT2D eigenvalue weighted by Gasteiger charge is -2.10. The molecule has 0 unspecified atom stereocenters. The molecule has 0 aliphatic heterocycles. The maximum Gasteiger partial charge on any atom is 0.246 e. The van der Waals surface area contributed by atoms with E-state index >= 15 is 0 Å². The molecule has 2 rings (SSSR count). The SMILES string of the molecule is CCN(C)C(=O)/C=C/c1cnn(-c2ccccc2)c1. The first kappa shape index (κ1) is 13.1. The number of hydrogen-bond donors (Lipinski definition) is 0. The Labute approximate surface area is 113 Å². The molecule has 0 saturated heterocycles. The highest BCUT2D eigenvalue weighted by Gasteiger charge is 2.02. The minimum atomic E-state index is -0.00467. The van der Waals surface area contributed by atoms with Crippen molar-refractivity contribution in [2.75, 3.05) is 13.6 Å². The fraction of sp³-hybridized carbons (Fsp3) is 0.200. The minimum absolute atomic E-state index is 0.00467. The van der Waals surface area contributed by atoms with Crippen LogP contribution < -0.4 is 0 Å². The zero-order valence-electron chi connectivity index (χ0n) is 11.2. The number of nitrogens with zero attached hydrogens (tertiary/aromatic N) is 3. The minimum Gasteiger partial charge on any atom is -0.343 e. The second-order valence-electron chi connectivity index (χ2n) is 4.24. The van der Waals surface area contributed by atoms with Crippen molar-refractivity contribution in [2.24, 2.45) is 0 Å². The quantitative estimate of drug-likeness (QED) is 0.787. The average molecular weight is 255 g/mol. The second-order valence-corrected chi connectivity index (χ2v) is 4.24. The van der Waals surface area contributed by atoms with E-state index in [0.717, 1.165) is 11.3 Å². The number of likely N-dealkylation sites (N-methyl/N-ethyl adjacent to an activating group) is 1. The third-order valence-corrected chi connectivity index (χ3v) is 2.89. The van der Waals surface area contributed by atoms with Gasteiger partial charge in [-0.05, 0) is 25.1 Å². The van der Waals surface area contributed by atoms with Gasteiger partial charge in [-0.3, -0.25) is 4.79 Å². The van der Waals surface area contributed by atoms with Crippen LogP contribution in [0.25, 0.3) is 11.8 Å². The van der Waals surface area contributed by atoms with Gasteiger partial charge in [-0.2, -0.15) is 5.10 Å². The van der Waals surface area contributed by atoms with E-state index in [0.29, 0.717) is 6.54 Å². The second kappa shape index (κ2) is 6.00. The van der Waals surface area contributed by atoms with E-state index in [2.05, 4.69) is 5.10 Å². The molecule has 0 fully saturated rings. The number of carbonyl (C=O) groups excluding carboxylic acids is 1. The first-order valence-electron chi connectivity index (χ1n) is 6.24. The summed E-state index contributed by atoms with van der Waals surface area (Å²) in [6, 6.07) is 9.86. The van der Waals surface area contributed by atoms with Crippen molar-refractivity contribution in [2.45, 2.75) is 6.92 Å². The lowest BCUT2D eigenvalue weighted by molar-refractivity contribution is -0.124. The first-order valence-corrected chi connectivity index (χ1v) is 6.24. The molecule has 1 aromatic heterocycles. The maximum atomic E-state index is 11.6. The summed E-state index contributed by atoms with van der Waals surface area (Å²) in [6.45, 7) is 2.64. The van der Waals surface area contributed by atoms with Crippen molar-refractivity contribution in [1.29, 1.82) is 0 Å². The summed E-state index contributed by atoms with van der Waals surface area (Å²) in [7, 11) is 1.78. The van der Waals surface area contributed by atoms with Crippen molar-refractivity contribution >= 4 is 12.0 Å². The predicted octanol–water partition coefficient (Wildman–Crippen LogP) is 2.36. The third kappa shape index (κ3) is 3.31. The Morgan fingerprint density at radius 2 is 2.11 bits per heavy atom. The van der Waals surface area contributed by atoms with Gasteiger partial charge in [0.05, 0.1) is 11.9 Å². The van der Waals surface area contributed by atoms with Crippen LogP contribution in [0.5, 0.6) is 0 Å². The molecule has 4 heteroatoms. The van der Waals surface area contributed by atoms with E-state index in [9.17, 15) is 4.79 Å². The van der Waals surface area contributed by atoms with Crippen LogP contribution in [0.2, 0.25) is 0 Å². The zero-order chi connectivity index (χ0) is 13.7. The van der Waals surface area contributed by atoms with E-state index < -0.39 is 0 Å². The number of amides is 1. The third-order valence-electron chi connectivity index (χ3n) is 2.89. The fourth-order valence-corrected chi connectivity index (χ4v) is 1.60. The Morgan fingerprint density at radius 3 is 2.79 bits per heavy atom. The highest BCUT2D eigenvalue weighted by Crippen LogP contribution is 2.08. The van der Waals surface area contributed by atoms with Crippen molar-refractivity contribution in [3.05, 3.63) is 54.4 Å². The van der Waals surface area contributed by atoms with E-state index in [1.54, 1.807) is 35.0 Å². The highest BCUT2D eigenvalue weighted by molar-refractivity contribution is 5.91. The van der Waals surface area contributed by atoms with Gasteiger partial charge in [0.25, 0.3) is 0 Å². The molecule has 1 aromatic carbocycles. The van der Waals surface area contributed by atoms with Crippen LogP contribution in [0.4, 0.5) is 0 Å². The molecule has 98 valence electrons. The number of rotatable bonds is 4. The molecule has 4 nitrogen and oxygen atoms in total. The summed E-state index contributed by atoms with van der Waals surface area (Å²) in [5.74, 6) is -0.00467. The topological polar surface area (TPSA) is 38.1 Å². The van der Waals surface area contributed by atoms with Gasteiger partial charge in [0.2, 0.25) is 5.91 Å². The van der Waals surface area contributed by atoms with Crippen LogP contribution in [0.3, 0.4) is 0 Å². The van der Waals surface area contributed by atoms with E-state index in [4.69, 9.17) is 0 Å². The molecular formula is C15H17N3O. The molecule has 0 atom stereocenters. The summed E-state index contributed by atoms with van der Waals surface area (Å²) < 4.78 is 1.79. The smallest absolute Gasteiger partial charge is 0.246 e. The summed E-state index contributed by atoms with van der Waals surface area (Å²) >= 11 is 0. The molecule has 2 aromatic rings. The van der Waals surface area contributed by atoms with Crippen molar-refractivity contribution in [3.63, 3.8) is 0 Å². The van der Waals surface area contributed by atoms with Gasteiger partial charge >= 0.3 is 0 Å². The fourth-order valence-electron chi connectivity index (χ4n) is 1.60. The van der Waals surface area contributed by atoms with Crippen molar-refractivity contribution in [1.82, 2.24) is 14.7 Å². The lowest BCUT2D eigenvalue weighted by atomic mass is 10.3. The molecule has 0 radical (unpaired) electrons. The van der Waals surface area contributed by atoms with Gasteiger partial charge in [0, 0.05) is 31.4 Å². The number of para-hydroxylation sites is 1. The lowest BCUT2D eigenvalue weighted by Crippen LogP contribution is -2.23. The molecule has 1 amide bonds. The van der Waals surface area contributed by atoms with Gasteiger partial charge in [0.15, 0.2) is 0 Å². The summed E-state index contributed by atoms with van der Waals surface area (Å²) in [5.41, 5.74) is 1.90. The normalized spacial score (nSPS) is 10.8. The van der Waals surface area contributed by atoms with Crippen LogP contribution in [-0.4, -0.2) is 34.2 Å². The van der Waals surface area contributed by atoms with Crippen LogP contribution in [-0.2, 0) is 4.79 Å². The van der Waals surface area contributed by atoms with Crippen LogP contribution in [0.1, 0.15) is 12.5 Å². The predicted molar refractivity (Wildman–Crippen MR) is 75.9 cm³/mol. The van der Waals surface area contributed by atoms with Crippen molar-refractivity contribution < 1.29 is 4.79 Å². The average Bonchev–Trinajstić information content (AvgIpc) is 2.93. The van der Waals surface area contributed by atoms with Crippen LogP contribution in [0.15, 0.2) is 48.8 Å². The number of aromatic nitrogens is 2. The van der Waals surface area contributed by atoms with E-state index in [1.165, 1.54) is 0 Å². The number of hydrogen-bond acceptors (Lipinski definition) is 2. The largest absolute Gasteiger partial charge is 0.343 e. The summed E-state index contributed by atoms with van der Waals surface area (Å²) in [6.07, 6.45) is 6.98. The van der Waals surface area contributed by atoms with Gasteiger partial charge in [-0.15, -0.1) is 0 Å². The molecule has 0 bridgehead atoms. The maximum absolute atomic E-state index is 11.6. The van der Waals surface area contributed by atoms with Gasteiger partial charge in [-0.1, -0.05) is 18.2 Å². The van der Waals surface area contributed by atoms with Crippen LogP contribution >= 0.6 is 0 Å². The molecule has 0 aliphatic rings. The number of carbonyl (C=O) groups is 1. The zero-order valence-corrected chi connectivity index (χ0v) is 11.2. The van der Waals surface area contributed by atoms with E-state index in [1.807, 2.05) is 43.5 Å². The Kier molecular flexibility index (Phi) is 4.13. The Bertz CT molecular complexity index is 572. The van der Waals surface area contributed by atoms with Crippen LogP contribution in [0, 0.1) is 0 Å². The Morgan fingerprint density at radius 1 is 1.37 bits per heavy atom. The molecule has 1 heterocycles. The molecule has 0 spiro atoms. The standard InChI is InChI=1S/C15H17N3O/c1-3-17(2)15(19)10-9-13-11-16-18(12-13)14-7-5-4-6-8-14/h4-12H,3H2,1-2H3/b10-9+. The Hall–Kier alpha value is -2.36. The molecule has 0 aliphatic carbocycles. The number of benzene rings is 1. The van der Waals surface area contributed by atoms with Gasteiger partial charge in [0.1, 0.15) is 0 Å². The molecule has 19 heavy (non-hydrogen) atoms. The molecule has 0 saturated carbocycles. The molecule has 0 N–H and O–H groups in total. The molecular weight excluding hydrogens is 238 g/mol. The highest BCUT2D eigenvalue weighted by atomic mass is 16.2. The monoisotopic (exact) mass is 255 g/mol. The van der Waals surface area contributed by atoms with Crippen molar-refractivity contribution in [3.8, 4) is 5.69 Å². The Balaban J connectivity index is 2.10. The van der Waals surface area contributed by atoms with Gasteiger partial charge < -0.3 is 4.90 Å².